The summed E-state index contributed by atoms with van der Waals surface area (Å²) in [5.74, 6) is 1.02. The number of likely N-dealkylation sites (tertiary alicyclic amines) is 1. The van der Waals surface area contributed by atoms with E-state index < -0.39 is 0 Å². The Balaban J connectivity index is 1.68. The molecule has 132 valence electrons. The first-order chi connectivity index (χ1) is 12.3. The molecule has 25 heavy (non-hydrogen) atoms. The first-order valence-electron chi connectivity index (χ1n) is 9.46. The monoisotopic (exact) mass is 354 g/mol. The van der Waals surface area contributed by atoms with Crippen molar-refractivity contribution in [2.45, 2.75) is 51.1 Å². The van der Waals surface area contributed by atoms with Gasteiger partial charge in [-0.2, -0.15) is 0 Å². The number of hydrogen-bond donors (Lipinski definition) is 2. The molecule has 0 radical (unpaired) electrons. The largest absolute Gasteiger partial charge is 0.370 e. The molecule has 1 aromatic heterocycles. The van der Waals surface area contributed by atoms with Gasteiger partial charge in [0, 0.05) is 24.3 Å². The average molecular weight is 355 g/mol. The van der Waals surface area contributed by atoms with Gasteiger partial charge < -0.3 is 10.3 Å². The van der Waals surface area contributed by atoms with Crippen LogP contribution in [0.25, 0.3) is 0 Å². The Morgan fingerprint density at radius 1 is 1.12 bits per heavy atom. The Hall–Kier alpha value is -1.72. The third kappa shape index (κ3) is 3.77. The van der Waals surface area contributed by atoms with E-state index in [0.29, 0.717) is 10.8 Å². The highest BCUT2D eigenvalue weighted by Crippen LogP contribution is 2.35. The molecule has 2 aliphatic rings. The second-order valence-electron chi connectivity index (χ2n) is 7.13. The van der Waals surface area contributed by atoms with Gasteiger partial charge in [0.05, 0.1) is 6.04 Å². The number of piperidine rings is 1. The number of hydrogen-bond acceptors (Lipinski definition) is 4. The van der Waals surface area contributed by atoms with E-state index in [0.717, 1.165) is 31.9 Å². The van der Waals surface area contributed by atoms with Crippen LogP contribution in [0, 0.1) is 4.77 Å². The van der Waals surface area contributed by atoms with Crippen molar-refractivity contribution < 1.29 is 0 Å². The van der Waals surface area contributed by atoms with E-state index in [1.54, 1.807) is 0 Å². The van der Waals surface area contributed by atoms with E-state index in [9.17, 15) is 0 Å². The van der Waals surface area contributed by atoms with Crippen LogP contribution < -0.4 is 5.32 Å². The lowest BCUT2D eigenvalue weighted by molar-refractivity contribution is 0.136. The van der Waals surface area contributed by atoms with Gasteiger partial charge in [-0.1, -0.05) is 36.8 Å². The molecule has 0 amide bonds. The van der Waals surface area contributed by atoms with Crippen LogP contribution in [0.2, 0.25) is 0 Å². The summed E-state index contributed by atoms with van der Waals surface area (Å²) in [6.45, 7) is 3.14. The number of rotatable bonds is 3. The van der Waals surface area contributed by atoms with E-state index in [2.05, 4.69) is 50.5 Å². The Morgan fingerprint density at radius 2 is 2.00 bits per heavy atom. The van der Waals surface area contributed by atoms with E-state index in [1.807, 2.05) is 0 Å². The first kappa shape index (κ1) is 16.7. The number of aromatic nitrogens is 2. The summed E-state index contributed by atoms with van der Waals surface area (Å²) in [5.41, 5.74) is 4.04. The van der Waals surface area contributed by atoms with Crippen molar-refractivity contribution in [3.8, 4) is 0 Å². The predicted octanol–water partition coefficient (Wildman–Crippen LogP) is 4.61. The molecule has 0 spiro atoms. The third-order valence-electron chi connectivity index (χ3n) is 5.39. The molecule has 4 rings (SSSR count). The van der Waals surface area contributed by atoms with Crippen LogP contribution in [0.1, 0.15) is 55.0 Å². The minimum absolute atomic E-state index is 0.410. The van der Waals surface area contributed by atoms with Gasteiger partial charge in [0.1, 0.15) is 5.82 Å². The van der Waals surface area contributed by atoms with Gasteiger partial charge in [0.25, 0.3) is 0 Å². The molecule has 0 aliphatic carbocycles. The SMILES string of the molecule is S=c1nc2c(c(C3CCCCN3Cc3ccccc3)[nH]1)CCCCN2. The van der Waals surface area contributed by atoms with Gasteiger partial charge in [0.2, 0.25) is 0 Å². The molecule has 2 aromatic rings. The first-order valence-corrected chi connectivity index (χ1v) is 9.87. The van der Waals surface area contributed by atoms with Crippen molar-refractivity contribution in [2.24, 2.45) is 0 Å². The molecule has 0 bridgehead atoms. The normalized spacial score (nSPS) is 21.2. The average Bonchev–Trinajstić information content (AvgIpc) is 2.88. The van der Waals surface area contributed by atoms with Gasteiger partial charge in [-0.05, 0) is 56.4 Å². The number of benzene rings is 1. The maximum atomic E-state index is 5.44. The molecule has 3 heterocycles. The molecular formula is C20H26N4S. The van der Waals surface area contributed by atoms with Crippen molar-refractivity contribution in [2.75, 3.05) is 18.4 Å². The molecule has 0 saturated carbocycles. The second-order valence-corrected chi connectivity index (χ2v) is 7.52. The van der Waals surface area contributed by atoms with Gasteiger partial charge in [0.15, 0.2) is 4.77 Å². The van der Waals surface area contributed by atoms with Crippen LogP contribution in [0.3, 0.4) is 0 Å². The van der Waals surface area contributed by atoms with Crippen molar-refractivity contribution >= 4 is 18.0 Å². The van der Waals surface area contributed by atoms with Crippen LogP contribution in [0.5, 0.6) is 0 Å². The summed E-state index contributed by atoms with van der Waals surface area (Å²) in [7, 11) is 0. The molecule has 1 unspecified atom stereocenters. The number of aromatic amines is 1. The fourth-order valence-electron chi connectivity index (χ4n) is 4.16. The smallest absolute Gasteiger partial charge is 0.199 e. The molecule has 1 fully saturated rings. The van der Waals surface area contributed by atoms with Crippen LogP contribution in [0.4, 0.5) is 5.82 Å². The quantitative estimate of drug-likeness (QED) is 0.790. The molecule has 2 N–H and O–H groups in total. The maximum Gasteiger partial charge on any atom is 0.199 e. The number of anilines is 1. The minimum atomic E-state index is 0.410. The Labute approximate surface area is 154 Å². The van der Waals surface area contributed by atoms with Crippen LogP contribution in [-0.2, 0) is 13.0 Å². The van der Waals surface area contributed by atoms with Crippen LogP contribution in [-0.4, -0.2) is 28.0 Å². The van der Waals surface area contributed by atoms with E-state index in [-0.39, 0.29) is 0 Å². The molecule has 1 atom stereocenters. The maximum absolute atomic E-state index is 5.44. The highest BCUT2D eigenvalue weighted by atomic mass is 32.1. The fraction of sp³-hybridized carbons (Fsp3) is 0.500. The van der Waals surface area contributed by atoms with Crippen molar-refractivity contribution in [3.63, 3.8) is 0 Å². The molecule has 1 aromatic carbocycles. The van der Waals surface area contributed by atoms with Crippen LogP contribution in [0.15, 0.2) is 30.3 Å². The summed E-state index contributed by atoms with van der Waals surface area (Å²) >= 11 is 5.44. The molecule has 5 heteroatoms. The Bertz CT molecular complexity index is 771. The van der Waals surface area contributed by atoms with Crippen molar-refractivity contribution in [1.29, 1.82) is 0 Å². The van der Waals surface area contributed by atoms with E-state index >= 15 is 0 Å². The van der Waals surface area contributed by atoms with Crippen LogP contribution >= 0.6 is 12.2 Å². The zero-order valence-electron chi connectivity index (χ0n) is 14.6. The molecule has 4 nitrogen and oxygen atoms in total. The standard InChI is InChI=1S/C20H26N4S/c25-20-22-18(16-10-4-6-12-21-19(16)23-20)17-11-5-7-13-24(17)14-15-8-2-1-3-9-15/h1-3,8-9,17H,4-7,10-14H2,(H2,21,22,23,25). The Morgan fingerprint density at radius 3 is 2.88 bits per heavy atom. The number of fused-ring (bicyclic) bond motifs is 1. The van der Waals surface area contributed by atoms with Crippen molar-refractivity contribution in [1.82, 2.24) is 14.9 Å². The zero-order valence-corrected chi connectivity index (χ0v) is 15.4. The van der Waals surface area contributed by atoms with Gasteiger partial charge in [-0.3, -0.25) is 4.90 Å². The highest BCUT2D eigenvalue weighted by Gasteiger charge is 2.28. The topological polar surface area (TPSA) is 44.0 Å². The second kappa shape index (κ2) is 7.67. The fourth-order valence-corrected chi connectivity index (χ4v) is 4.36. The van der Waals surface area contributed by atoms with E-state index in [1.165, 1.54) is 48.9 Å². The number of nitrogens with zero attached hydrogens (tertiary/aromatic N) is 2. The summed E-state index contributed by atoms with van der Waals surface area (Å²) in [6.07, 6.45) is 7.24. The van der Waals surface area contributed by atoms with Crippen molar-refractivity contribution in [3.05, 3.63) is 51.9 Å². The zero-order chi connectivity index (χ0) is 17.1. The molecular weight excluding hydrogens is 328 g/mol. The minimum Gasteiger partial charge on any atom is -0.370 e. The number of H-pyrrole nitrogens is 1. The number of nitrogens with one attached hydrogen (secondary N) is 2. The lowest BCUT2D eigenvalue weighted by Gasteiger charge is -2.37. The summed E-state index contributed by atoms with van der Waals surface area (Å²) in [4.78, 5) is 10.7. The summed E-state index contributed by atoms with van der Waals surface area (Å²) < 4.78 is 0.605. The summed E-state index contributed by atoms with van der Waals surface area (Å²) in [5, 5.41) is 3.49. The van der Waals surface area contributed by atoms with Gasteiger partial charge in [-0.15, -0.1) is 0 Å². The lowest BCUT2D eigenvalue weighted by Crippen LogP contribution is -2.34. The molecule has 2 aliphatic heterocycles. The lowest BCUT2D eigenvalue weighted by atomic mass is 9.94. The van der Waals surface area contributed by atoms with Gasteiger partial charge >= 0.3 is 0 Å². The van der Waals surface area contributed by atoms with Gasteiger partial charge in [-0.25, -0.2) is 4.98 Å². The summed E-state index contributed by atoms with van der Waals surface area (Å²) in [6, 6.07) is 11.2. The van der Waals surface area contributed by atoms with E-state index in [4.69, 9.17) is 12.2 Å². The Kier molecular flexibility index (Phi) is 5.13. The molecule has 1 saturated heterocycles. The highest BCUT2D eigenvalue weighted by molar-refractivity contribution is 7.71. The third-order valence-corrected chi connectivity index (χ3v) is 5.58. The predicted molar refractivity (Wildman–Crippen MR) is 104 cm³/mol.